The number of nitrogens with zero attached hydrogens (tertiary/aromatic N) is 1. The summed E-state index contributed by atoms with van der Waals surface area (Å²) in [7, 11) is 1.54. The van der Waals surface area contributed by atoms with Gasteiger partial charge in [0.05, 0.1) is 24.9 Å². The van der Waals surface area contributed by atoms with E-state index in [0.717, 1.165) is 0 Å². The first-order valence-corrected chi connectivity index (χ1v) is 11.4. The van der Waals surface area contributed by atoms with Crippen molar-refractivity contribution in [3.8, 4) is 5.75 Å². The Morgan fingerprint density at radius 1 is 0.800 bits per heavy atom. The molecule has 0 atom stereocenters. The average Bonchev–Trinajstić information content (AvgIpc) is 2.89. The van der Waals surface area contributed by atoms with Crippen molar-refractivity contribution in [3.05, 3.63) is 83.9 Å². The molecule has 0 aromatic heterocycles. The Balaban J connectivity index is 1.58. The maximum absolute atomic E-state index is 12.7. The van der Waals surface area contributed by atoms with Gasteiger partial charge in [-0.25, -0.2) is 0 Å². The van der Waals surface area contributed by atoms with Gasteiger partial charge in [-0.15, -0.1) is 0 Å². The maximum atomic E-state index is 12.7. The van der Waals surface area contributed by atoms with Crippen LogP contribution >= 0.6 is 0 Å². The lowest BCUT2D eigenvalue weighted by Gasteiger charge is -2.20. The summed E-state index contributed by atoms with van der Waals surface area (Å²) in [6.45, 7) is 5.06. The minimum atomic E-state index is -0.288. The fraction of sp³-hybridized carbons (Fsp3) is 0.222. The van der Waals surface area contributed by atoms with E-state index in [1.54, 1.807) is 66.6 Å². The normalized spacial score (nSPS) is 10.3. The number of carbonyl (C=O) groups excluding carboxylic acids is 3. The van der Waals surface area contributed by atoms with E-state index < -0.39 is 0 Å². The second-order valence-corrected chi connectivity index (χ2v) is 7.66. The van der Waals surface area contributed by atoms with E-state index in [1.165, 1.54) is 0 Å². The van der Waals surface area contributed by atoms with E-state index in [-0.39, 0.29) is 24.3 Å². The molecule has 0 bridgehead atoms. The van der Waals surface area contributed by atoms with Crippen LogP contribution in [0.1, 0.15) is 34.6 Å². The van der Waals surface area contributed by atoms with Gasteiger partial charge in [0, 0.05) is 30.0 Å². The van der Waals surface area contributed by atoms with Crippen molar-refractivity contribution in [1.82, 2.24) is 4.90 Å². The topological polar surface area (TPSA) is 99.8 Å². The molecule has 0 saturated heterocycles. The van der Waals surface area contributed by atoms with Crippen LogP contribution < -0.4 is 20.7 Å². The molecular formula is C27H30N4O4. The largest absolute Gasteiger partial charge is 0.495 e. The molecule has 3 N–H and O–H groups in total. The lowest BCUT2D eigenvalue weighted by Crippen LogP contribution is -2.31. The zero-order valence-corrected chi connectivity index (χ0v) is 20.1. The van der Waals surface area contributed by atoms with E-state index in [1.807, 2.05) is 32.0 Å². The number of ether oxygens (including phenoxy) is 1. The summed E-state index contributed by atoms with van der Waals surface area (Å²) in [6, 6.07) is 20.9. The van der Waals surface area contributed by atoms with Gasteiger partial charge in [-0.2, -0.15) is 0 Å². The fourth-order valence-corrected chi connectivity index (χ4v) is 3.53. The van der Waals surface area contributed by atoms with Crippen LogP contribution in [0.3, 0.4) is 0 Å². The second-order valence-electron chi connectivity index (χ2n) is 7.66. The Bertz CT molecular complexity index is 1170. The number of rotatable bonds is 10. The first-order chi connectivity index (χ1) is 17.0. The van der Waals surface area contributed by atoms with Gasteiger partial charge in [-0.1, -0.05) is 24.3 Å². The van der Waals surface area contributed by atoms with E-state index in [2.05, 4.69) is 16.0 Å². The van der Waals surface area contributed by atoms with Crippen molar-refractivity contribution in [3.63, 3.8) is 0 Å². The summed E-state index contributed by atoms with van der Waals surface area (Å²) in [5, 5.41) is 8.66. The summed E-state index contributed by atoms with van der Waals surface area (Å²) < 4.78 is 5.25. The summed E-state index contributed by atoms with van der Waals surface area (Å²) in [6.07, 6.45) is 0. The number of para-hydroxylation sites is 3. The van der Waals surface area contributed by atoms with Crippen molar-refractivity contribution in [2.75, 3.05) is 42.7 Å². The molecule has 3 rings (SSSR count). The lowest BCUT2D eigenvalue weighted by molar-refractivity contribution is -0.114. The Morgan fingerprint density at radius 3 is 2.09 bits per heavy atom. The number of benzene rings is 3. The molecule has 8 nitrogen and oxygen atoms in total. The number of hydrogen-bond donors (Lipinski definition) is 3. The Morgan fingerprint density at radius 2 is 1.43 bits per heavy atom. The highest BCUT2D eigenvalue weighted by molar-refractivity contribution is 6.05. The summed E-state index contributed by atoms with van der Waals surface area (Å²) in [4.78, 5) is 39.5. The van der Waals surface area contributed by atoms with Crippen LogP contribution in [0.5, 0.6) is 5.75 Å². The molecule has 0 radical (unpaired) electrons. The first-order valence-electron chi connectivity index (χ1n) is 11.4. The summed E-state index contributed by atoms with van der Waals surface area (Å²) in [5.41, 5.74) is 2.69. The summed E-state index contributed by atoms with van der Waals surface area (Å²) in [5.74, 6) is -0.0806. The monoisotopic (exact) mass is 474 g/mol. The second kappa shape index (κ2) is 12.2. The van der Waals surface area contributed by atoms with Crippen LogP contribution in [-0.4, -0.2) is 49.4 Å². The smallest absolute Gasteiger partial charge is 0.255 e. The minimum absolute atomic E-state index is 0.0153. The highest BCUT2D eigenvalue weighted by Gasteiger charge is 2.16. The SMILES string of the molecule is CCN(CC)C(=O)c1ccccc1NCC(=O)Nc1ccc(C(=O)Nc2ccccc2OC)cc1. The molecule has 0 aliphatic heterocycles. The molecule has 3 aromatic carbocycles. The zero-order valence-electron chi connectivity index (χ0n) is 20.1. The van der Waals surface area contributed by atoms with Crippen molar-refractivity contribution >= 4 is 34.8 Å². The van der Waals surface area contributed by atoms with Crippen LogP contribution in [0.15, 0.2) is 72.8 Å². The molecule has 0 heterocycles. The van der Waals surface area contributed by atoms with Crippen molar-refractivity contribution in [2.24, 2.45) is 0 Å². The predicted octanol–water partition coefficient (Wildman–Crippen LogP) is 4.48. The van der Waals surface area contributed by atoms with Gasteiger partial charge in [-0.3, -0.25) is 14.4 Å². The van der Waals surface area contributed by atoms with Gasteiger partial charge >= 0.3 is 0 Å². The van der Waals surface area contributed by atoms with Crippen LogP contribution in [0.25, 0.3) is 0 Å². The minimum Gasteiger partial charge on any atom is -0.495 e. The van der Waals surface area contributed by atoms with E-state index in [0.29, 0.717) is 47.0 Å². The molecule has 3 amide bonds. The van der Waals surface area contributed by atoms with Gasteiger partial charge in [0.25, 0.3) is 11.8 Å². The zero-order chi connectivity index (χ0) is 25.2. The third kappa shape index (κ3) is 6.60. The number of amides is 3. The molecule has 0 fully saturated rings. The van der Waals surface area contributed by atoms with Crippen molar-refractivity contribution < 1.29 is 19.1 Å². The van der Waals surface area contributed by atoms with Crippen LogP contribution in [0, 0.1) is 0 Å². The number of hydrogen-bond acceptors (Lipinski definition) is 5. The van der Waals surface area contributed by atoms with E-state index >= 15 is 0 Å². The van der Waals surface area contributed by atoms with Gasteiger partial charge < -0.3 is 25.6 Å². The lowest BCUT2D eigenvalue weighted by atomic mass is 10.1. The number of nitrogens with one attached hydrogen (secondary N) is 3. The van der Waals surface area contributed by atoms with E-state index in [9.17, 15) is 14.4 Å². The molecule has 3 aromatic rings. The van der Waals surface area contributed by atoms with Crippen molar-refractivity contribution in [1.29, 1.82) is 0 Å². The molecular weight excluding hydrogens is 444 g/mol. The summed E-state index contributed by atoms with van der Waals surface area (Å²) >= 11 is 0. The van der Waals surface area contributed by atoms with Crippen molar-refractivity contribution in [2.45, 2.75) is 13.8 Å². The van der Waals surface area contributed by atoms with E-state index in [4.69, 9.17) is 4.74 Å². The predicted molar refractivity (Wildman–Crippen MR) is 138 cm³/mol. The molecule has 35 heavy (non-hydrogen) atoms. The van der Waals surface area contributed by atoms with Crippen LogP contribution in [-0.2, 0) is 4.79 Å². The highest BCUT2D eigenvalue weighted by atomic mass is 16.5. The Hall–Kier alpha value is -4.33. The Labute approximate surface area is 205 Å². The van der Waals surface area contributed by atoms with Gasteiger partial charge in [0.1, 0.15) is 5.75 Å². The van der Waals surface area contributed by atoms with Gasteiger partial charge in [0.15, 0.2) is 0 Å². The number of anilines is 3. The number of carbonyl (C=O) groups is 3. The molecule has 0 saturated carbocycles. The van der Waals surface area contributed by atoms with Crippen LogP contribution in [0.4, 0.5) is 17.1 Å². The highest BCUT2D eigenvalue weighted by Crippen LogP contribution is 2.24. The molecule has 8 heteroatoms. The third-order valence-electron chi connectivity index (χ3n) is 5.43. The average molecular weight is 475 g/mol. The molecule has 182 valence electrons. The van der Waals surface area contributed by atoms with Crippen LogP contribution in [0.2, 0.25) is 0 Å². The number of methoxy groups -OCH3 is 1. The first kappa shape index (κ1) is 25.3. The Kier molecular flexibility index (Phi) is 8.83. The third-order valence-corrected chi connectivity index (χ3v) is 5.43. The quantitative estimate of drug-likeness (QED) is 0.402. The molecule has 0 spiro atoms. The molecule has 0 unspecified atom stereocenters. The fourth-order valence-electron chi connectivity index (χ4n) is 3.53. The standard InChI is InChI=1S/C27H30N4O4/c1-4-31(5-2)27(34)21-10-6-7-11-22(21)28-18-25(32)29-20-16-14-19(15-17-20)26(33)30-23-12-8-9-13-24(23)35-3/h6-17,28H,4-5,18H2,1-3H3,(H,29,32)(H,30,33). The molecule has 0 aliphatic rings. The maximum Gasteiger partial charge on any atom is 0.255 e. The molecule has 0 aliphatic carbocycles. The van der Waals surface area contributed by atoms with Gasteiger partial charge in [-0.05, 0) is 62.4 Å². The van der Waals surface area contributed by atoms with Gasteiger partial charge in [0.2, 0.25) is 5.91 Å².